The van der Waals surface area contributed by atoms with Gasteiger partial charge in [0.05, 0.1) is 31.1 Å². The van der Waals surface area contributed by atoms with Crippen molar-refractivity contribution in [3.8, 4) is 0 Å². The van der Waals surface area contributed by atoms with E-state index in [9.17, 15) is 37.1 Å². The maximum absolute atomic E-state index is 12.5. The van der Waals surface area contributed by atoms with Gasteiger partial charge in [-0.3, -0.25) is 20.2 Å². The SMILES string of the molecule is C/C(=C\CSC/C=C(\C)CS(=O)(=O)c1ccc([N+](=O)[O-])cc1)CS(=O)(=O)c1ccc([N+](=O)[O-])cc1. The van der Waals surface area contributed by atoms with Crippen molar-refractivity contribution in [1.82, 2.24) is 0 Å². The van der Waals surface area contributed by atoms with Crippen LogP contribution in [0.15, 0.2) is 81.6 Å². The van der Waals surface area contributed by atoms with E-state index in [2.05, 4.69) is 0 Å². The van der Waals surface area contributed by atoms with Crippen LogP contribution < -0.4 is 0 Å². The summed E-state index contributed by atoms with van der Waals surface area (Å²) in [7, 11) is -7.26. The number of benzene rings is 2. The van der Waals surface area contributed by atoms with Gasteiger partial charge >= 0.3 is 0 Å². The Morgan fingerprint density at radius 3 is 1.31 bits per heavy atom. The van der Waals surface area contributed by atoms with Crippen molar-refractivity contribution in [1.29, 1.82) is 0 Å². The summed E-state index contributed by atoms with van der Waals surface area (Å²) in [5.74, 6) is 0.600. The Kier molecular flexibility index (Phi) is 9.74. The number of nitrogens with zero attached hydrogens (tertiary/aromatic N) is 2. The molecule has 0 spiro atoms. The second-order valence-electron chi connectivity index (χ2n) is 7.66. The van der Waals surface area contributed by atoms with Crippen LogP contribution >= 0.6 is 11.8 Å². The second-order valence-corrected chi connectivity index (χ2v) is 12.7. The molecule has 2 aromatic rings. The molecule has 0 amide bonds. The topological polar surface area (TPSA) is 155 Å². The number of hydrogen-bond donors (Lipinski definition) is 0. The first-order valence-corrected chi connectivity index (χ1v) is 14.6. The molecule has 0 radical (unpaired) electrons. The molecule has 2 aromatic carbocycles. The molecule has 0 aliphatic carbocycles. The molecule has 0 unspecified atom stereocenters. The van der Waals surface area contributed by atoms with Crippen molar-refractivity contribution in [2.75, 3.05) is 23.0 Å². The van der Waals surface area contributed by atoms with E-state index in [0.29, 0.717) is 22.7 Å². The largest absolute Gasteiger partial charge is 0.269 e. The van der Waals surface area contributed by atoms with E-state index in [1.807, 2.05) is 0 Å². The molecule has 0 saturated heterocycles. The molecule has 2 rings (SSSR count). The fourth-order valence-electron chi connectivity index (χ4n) is 2.90. The first-order valence-electron chi connectivity index (χ1n) is 10.2. The summed E-state index contributed by atoms with van der Waals surface area (Å²) in [5.41, 5.74) is 0.877. The summed E-state index contributed by atoms with van der Waals surface area (Å²) < 4.78 is 49.9. The van der Waals surface area contributed by atoms with Crippen molar-refractivity contribution in [2.45, 2.75) is 23.6 Å². The zero-order valence-corrected chi connectivity index (χ0v) is 21.4. The summed E-state index contributed by atoms with van der Waals surface area (Å²) >= 11 is 1.47. The second kappa shape index (κ2) is 12.1. The minimum absolute atomic E-state index is 0.0105. The molecule has 0 atom stereocenters. The van der Waals surface area contributed by atoms with Crippen LogP contribution in [0, 0.1) is 20.2 Å². The van der Waals surface area contributed by atoms with E-state index >= 15 is 0 Å². The van der Waals surface area contributed by atoms with E-state index in [0.717, 1.165) is 24.3 Å². The highest BCUT2D eigenvalue weighted by atomic mass is 32.2. The number of nitro benzene ring substituents is 2. The first-order chi connectivity index (χ1) is 16.3. The number of hydrogen-bond acceptors (Lipinski definition) is 9. The van der Waals surface area contributed by atoms with Gasteiger partial charge < -0.3 is 0 Å². The highest BCUT2D eigenvalue weighted by Crippen LogP contribution is 2.20. The zero-order valence-electron chi connectivity index (χ0n) is 19.0. The van der Waals surface area contributed by atoms with Crippen molar-refractivity contribution >= 4 is 42.8 Å². The molecule has 0 aromatic heterocycles. The number of thioether (sulfide) groups is 1. The van der Waals surface area contributed by atoms with Crippen molar-refractivity contribution in [3.05, 3.63) is 92.1 Å². The third kappa shape index (κ3) is 8.60. The van der Waals surface area contributed by atoms with Gasteiger partial charge in [-0.25, -0.2) is 16.8 Å². The minimum Gasteiger partial charge on any atom is -0.258 e. The smallest absolute Gasteiger partial charge is 0.258 e. The van der Waals surface area contributed by atoms with Gasteiger partial charge in [0.25, 0.3) is 11.4 Å². The highest BCUT2D eigenvalue weighted by Gasteiger charge is 2.18. The van der Waals surface area contributed by atoms with Crippen LogP contribution in [0.25, 0.3) is 0 Å². The van der Waals surface area contributed by atoms with Gasteiger partial charge in [0.2, 0.25) is 0 Å². The first kappa shape index (κ1) is 28.2. The lowest BCUT2D eigenvalue weighted by Gasteiger charge is -2.06. The third-order valence-electron chi connectivity index (χ3n) is 4.75. The van der Waals surface area contributed by atoms with Gasteiger partial charge in [-0.15, -0.1) is 0 Å². The van der Waals surface area contributed by atoms with E-state index in [1.54, 1.807) is 26.0 Å². The Labute approximate surface area is 207 Å². The van der Waals surface area contributed by atoms with Crippen LogP contribution in [0.5, 0.6) is 0 Å². The van der Waals surface area contributed by atoms with Crippen molar-refractivity contribution < 1.29 is 26.7 Å². The van der Waals surface area contributed by atoms with Crippen LogP contribution in [-0.2, 0) is 19.7 Å². The fourth-order valence-corrected chi connectivity index (χ4v) is 6.72. The molecule has 188 valence electrons. The molecule has 0 aliphatic rings. The maximum Gasteiger partial charge on any atom is 0.269 e. The Morgan fingerprint density at radius 2 is 1.03 bits per heavy atom. The fraction of sp³-hybridized carbons (Fsp3) is 0.273. The maximum atomic E-state index is 12.5. The predicted octanol–water partition coefficient (Wildman–Crippen LogP) is 4.38. The van der Waals surface area contributed by atoms with Gasteiger partial charge in [0.1, 0.15) is 0 Å². The molecule has 35 heavy (non-hydrogen) atoms. The molecular weight excluding hydrogens is 516 g/mol. The molecular formula is C22H24N2O8S3. The Hall–Kier alpha value is -3.03. The zero-order chi connectivity index (χ0) is 26.2. The summed E-state index contributed by atoms with van der Waals surface area (Å²) in [6, 6.07) is 9.47. The average Bonchev–Trinajstić information content (AvgIpc) is 2.78. The van der Waals surface area contributed by atoms with Gasteiger partial charge in [-0.1, -0.05) is 23.3 Å². The molecule has 13 heteroatoms. The van der Waals surface area contributed by atoms with Gasteiger partial charge in [-0.2, -0.15) is 11.8 Å². The van der Waals surface area contributed by atoms with Crippen LogP contribution in [0.2, 0.25) is 0 Å². The molecule has 10 nitrogen and oxygen atoms in total. The van der Waals surface area contributed by atoms with Gasteiger partial charge in [0.15, 0.2) is 19.7 Å². The molecule has 0 saturated carbocycles. The van der Waals surface area contributed by atoms with E-state index in [-0.39, 0.29) is 32.7 Å². The monoisotopic (exact) mass is 540 g/mol. The van der Waals surface area contributed by atoms with Crippen LogP contribution in [-0.4, -0.2) is 49.7 Å². The normalized spacial score (nSPS) is 13.0. The molecule has 0 aliphatic heterocycles. The van der Waals surface area contributed by atoms with E-state index in [1.165, 1.54) is 36.0 Å². The van der Waals surface area contributed by atoms with Crippen LogP contribution in [0.1, 0.15) is 13.8 Å². The highest BCUT2D eigenvalue weighted by molar-refractivity contribution is 7.99. The Morgan fingerprint density at radius 1 is 0.714 bits per heavy atom. The van der Waals surface area contributed by atoms with E-state index < -0.39 is 29.5 Å². The van der Waals surface area contributed by atoms with Crippen LogP contribution in [0.3, 0.4) is 0 Å². The number of non-ortho nitro benzene ring substituents is 2. The van der Waals surface area contributed by atoms with Crippen molar-refractivity contribution in [3.63, 3.8) is 0 Å². The summed E-state index contributed by atoms with van der Waals surface area (Å²) in [4.78, 5) is 20.2. The van der Waals surface area contributed by atoms with Gasteiger partial charge in [0, 0.05) is 35.8 Å². The van der Waals surface area contributed by atoms with Crippen LogP contribution in [0.4, 0.5) is 11.4 Å². The molecule has 0 N–H and O–H groups in total. The lowest BCUT2D eigenvalue weighted by molar-refractivity contribution is -0.385. The number of sulfone groups is 2. The Balaban J connectivity index is 1.87. The standard InChI is InChI=1S/C22H24N2O8S3/c1-17(15-34(29,30)21-7-3-19(4-8-21)23(25)26)11-13-33-14-12-18(2)16-35(31,32)22-9-5-20(6-10-22)24(27)28/h3-12H,13-16H2,1-2H3/b17-11+,18-12+. The number of rotatable bonds is 12. The van der Waals surface area contributed by atoms with E-state index in [4.69, 9.17) is 0 Å². The molecule has 0 heterocycles. The lowest BCUT2D eigenvalue weighted by atomic mass is 10.3. The Bertz CT molecular complexity index is 1240. The minimum atomic E-state index is -3.63. The summed E-state index contributed by atoms with van der Waals surface area (Å²) in [5, 5.41) is 21.4. The quantitative estimate of drug-likeness (QED) is 0.165. The third-order valence-corrected chi connectivity index (χ3v) is 9.20. The summed E-state index contributed by atoms with van der Waals surface area (Å²) in [6.07, 6.45) is 3.54. The predicted molar refractivity (Wildman–Crippen MR) is 135 cm³/mol. The lowest BCUT2D eigenvalue weighted by Crippen LogP contribution is -2.08. The average molecular weight is 541 g/mol. The number of nitro groups is 2. The van der Waals surface area contributed by atoms with Gasteiger partial charge in [-0.05, 0) is 38.1 Å². The van der Waals surface area contributed by atoms with Crippen molar-refractivity contribution in [2.24, 2.45) is 0 Å². The molecule has 0 bridgehead atoms. The summed E-state index contributed by atoms with van der Waals surface area (Å²) in [6.45, 7) is 3.36. The molecule has 0 fully saturated rings.